The molecule has 1 radical (unpaired) electrons. The molecule has 4 aromatic rings. The molecule has 0 aliphatic heterocycles. The third kappa shape index (κ3) is 9.09. The Morgan fingerprint density at radius 2 is 2.00 bits per heavy atom. The molecule has 46 heavy (non-hydrogen) atoms. The number of nitrogens with zero attached hydrogens (tertiary/aromatic N) is 5. The van der Waals surface area contributed by atoms with E-state index >= 15 is 0 Å². The Bertz CT molecular complexity index is 1720. The Labute approximate surface area is 270 Å². The molecule has 13 nitrogen and oxygen atoms in total. The van der Waals surface area contributed by atoms with Crippen LogP contribution in [-0.4, -0.2) is 94.2 Å². The summed E-state index contributed by atoms with van der Waals surface area (Å²) in [6.45, 7) is 1.35. The number of phosphoric acid groups is 1. The SMILES string of the molecule is COc1cc2c(Nc3cnn(CC(=O)[As]c4cccc(F)c4F)c3)ncnc2cc1OCCCN(CCOP(=O)(O)O)C1CCC1. The molecule has 0 saturated heterocycles. The van der Waals surface area contributed by atoms with Crippen LogP contribution in [0.15, 0.2) is 49.1 Å². The van der Waals surface area contributed by atoms with Crippen molar-refractivity contribution >= 4 is 54.9 Å². The third-order valence-electron chi connectivity index (χ3n) is 7.37. The minimum absolute atomic E-state index is 0.0477. The number of fused-ring (bicyclic) bond motifs is 1. The van der Waals surface area contributed by atoms with E-state index in [4.69, 9.17) is 19.3 Å². The molecule has 3 N–H and O–H groups in total. The third-order valence-corrected chi connectivity index (χ3v) is 9.94. The van der Waals surface area contributed by atoms with E-state index in [1.54, 1.807) is 18.3 Å². The maximum atomic E-state index is 14.0. The molecule has 1 aliphatic carbocycles. The van der Waals surface area contributed by atoms with Gasteiger partial charge in [-0.25, -0.2) is 4.57 Å². The molecule has 5 rings (SSSR count). The molecule has 0 bridgehead atoms. The number of benzene rings is 2. The minimum atomic E-state index is -4.50. The average molecular weight is 722 g/mol. The van der Waals surface area contributed by atoms with E-state index in [9.17, 15) is 18.1 Å². The van der Waals surface area contributed by atoms with Gasteiger partial charge in [0.2, 0.25) is 0 Å². The van der Waals surface area contributed by atoms with Crippen LogP contribution in [0.25, 0.3) is 10.9 Å². The number of halogens is 2. The van der Waals surface area contributed by atoms with E-state index in [1.165, 1.54) is 36.4 Å². The van der Waals surface area contributed by atoms with Gasteiger partial charge in [0.25, 0.3) is 0 Å². The quantitative estimate of drug-likeness (QED) is 0.0832. The van der Waals surface area contributed by atoms with E-state index in [0.29, 0.717) is 66.1 Å². The number of anilines is 2. The van der Waals surface area contributed by atoms with Gasteiger partial charge < -0.3 is 9.79 Å². The van der Waals surface area contributed by atoms with Crippen molar-refractivity contribution in [1.82, 2.24) is 24.6 Å². The number of nitrogens with one attached hydrogen (secondary N) is 1. The second-order valence-corrected chi connectivity index (χ2v) is 14.3. The summed E-state index contributed by atoms with van der Waals surface area (Å²) in [5, 5.41) is 8.05. The van der Waals surface area contributed by atoms with Gasteiger partial charge in [-0.2, -0.15) is 0 Å². The summed E-state index contributed by atoms with van der Waals surface area (Å²) in [5.74, 6) is -0.509. The monoisotopic (exact) mass is 721 g/mol. The van der Waals surface area contributed by atoms with Crippen LogP contribution in [-0.2, 0) is 20.4 Å². The number of hydrogen-bond donors (Lipinski definition) is 3. The number of rotatable bonds is 17. The summed E-state index contributed by atoms with van der Waals surface area (Å²) in [5.41, 5.74) is 1.16. The molecular formula is C29H33AsF2N6O7P. The Kier molecular flexibility index (Phi) is 11.4. The number of phosphoric ester groups is 1. The number of aromatic nitrogens is 4. The van der Waals surface area contributed by atoms with E-state index in [0.717, 1.165) is 25.3 Å². The molecule has 17 heteroatoms. The molecule has 2 aromatic carbocycles. The Morgan fingerprint density at radius 3 is 2.74 bits per heavy atom. The van der Waals surface area contributed by atoms with Gasteiger partial charge in [0.1, 0.15) is 0 Å². The van der Waals surface area contributed by atoms with E-state index in [-0.39, 0.29) is 22.1 Å². The smallest absolute Gasteiger partial charge is 0.303 e. The second-order valence-electron chi connectivity index (χ2n) is 10.5. The van der Waals surface area contributed by atoms with Crippen molar-refractivity contribution in [3.8, 4) is 11.5 Å². The van der Waals surface area contributed by atoms with Crippen molar-refractivity contribution in [2.45, 2.75) is 38.3 Å². The van der Waals surface area contributed by atoms with Crippen LogP contribution in [0.3, 0.4) is 0 Å². The Hall–Kier alpha value is -3.45. The molecule has 245 valence electrons. The van der Waals surface area contributed by atoms with Crippen LogP contribution < -0.4 is 19.1 Å². The van der Waals surface area contributed by atoms with Crippen LogP contribution in [0.1, 0.15) is 25.7 Å². The van der Waals surface area contributed by atoms with Gasteiger partial charge >= 0.3 is 189 Å². The first-order chi connectivity index (χ1) is 22.1. The first-order valence-corrected chi connectivity index (χ1v) is 17.9. The van der Waals surface area contributed by atoms with Gasteiger partial charge in [-0.1, -0.05) is 6.42 Å². The van der Waals surface area contributed by atoms with Crippen LogP contribution in [0.4, 0.5) is 20.3 Å². The topological polar surface area (TPSA) is 161 Å². The molecule has 2 heterocycles. The number of carbonyl (C=O) groups excluding carboxylic acids is 1. The van der Waals surface area contributed by atoms with E-state index < -0.39 is 35.2 Å². The number of carbonyl (C=O) groups is 1. The fraction of sp³-hybridized carbons (Fsp3) is 0.379. The standard InChI is InChI=1S/C29H33AsF2N6O7P/c1-43-25-13-21-24(14-26(25)44-11-4-9-37(20-5-2-6-20)10-12-45-46(40,41)42)33-18-34-29(21)36-19-15-35-38(16-19)17-27(39)30-22-7-3-8-23(31)28(22)32/h3,7-8,13-16,18,20H,2,4-6,9-12,17H2,1H3,(H,33,34,36)(H2,40,41,42). The maximum absolute atomic E-state index is 14.0. The summed E-state index contributed by atoms with van der Waals surface area (Å²) in [6.07, 6.45) is 8.45. The average Bonchev–Trinajstić information content (AvgIpc) is 3.42. The molecule has 1 saturated carbocycles. The Morgan fingerprint density at radius 1 is 1.17 bits per heavy atom. The first-order valence-electron chi connectivity index (χ1n) is 14.5. The van der Waals surface area contributed by atoms with Crippen LogP contribution in [0.5, 0.6) is 11.5 Å². The molecule has 1 fully saturated rings. The van der Waals surface area contributed by atoms with Crippen LogP contribution in [0, 0.1) is 11.6 Å². The number of methoxy groups -OCH3 is 1. The summed E-state index contributed by atoms with van der Waals surface area (Å²) < 4.78 is 56.0. The van der Waals surface area contributed by atoms with Gasteiger partial charge in [0, 0.05) is 19.1 Å². The van der Waals surface area contributed by atoms with Gasteiger partial charge in [0.15, 0.2) is 0 Å². The van der Waals surface area contributed by atoms with Crippen LogP contribution in [0.2, 0.25) is 0 Å². The van der Waals surface area contributed by atoms with Crippen molar-refractivity contribution in [1.29, 1.82) is 0 Å². The molecule has 0 spiro atoms. The van der Waals surface area contributed by atoms with E-state index in [2.05, 4.69) is 29.8 Å². The van der Waals surface area contributed by atoms with Gasteiger partial charge in [0.05, 0.1) is 13.2 Å². The van der Waals surface area contributed by atoms with Crippen molar-refractivity contribution in [3.05, 3.63) is 60.7 Å². The molecule has 1 aliphatic rings. The van der Waals surface area contributed by atoms with Gasteiger partial charge in [-0.3, -0.25) is 9.42 Å². The fourth-order valence-corrected chi connectivity index (χ4v) is 7.03. The minimum Gasteiger partial charge on any atom is -0.303 e. The van der Waals surface area contributed by atoms with Gasteiger partial charge in [-0.15, -0.1) is 0 Å². The molecule has 0 atom stereocenters. The normalized spacial score (nSPS) is 13.9. The predicted molar refractivity (Wildman–Crippen MR) is 166 cm³/mol. The van der Waals surface area contributed by atoms with E-state index in [1.807, 2.05) is 0 Å². The first kappa shape index (κ1) is 33.9. The van der Waals surface area contributed by atoms with Crippen molar-refractivity contribution < 1.29 is 41.9 Å². The summed E-state index contributed by atoms with van der Waals surface area (Å²) >= 11 is -1.24. The fourth-order valence-electron chi connectivity index (χ4n) is 4.93. The second kappa shape index (κ2) is 15.4. The predicted octanol–water partition coefficient (Wildman–Crippen LogP) is 3.15. The molecular weight excluding hydrogens is 688 g/mol. The summed E-state index contributed by atoms with van der Waals surface area (Å²) in [6, 6.07) is 7.71. The molecule has 0 unspecified atom stereocenters. The van der Waals surface area contributed by atoms with Crippen molar-refractivity contribution in [3.63, 3.8) is 0 Å². The Balaban J connectivity index is 1.19. The number of ether oxygens (including phenoxy) is 2. The zero-order valence-corrected chi connectivity index (χ0v) is 27.7. The zero-order valence-electron chi connectivity index (χ0n) is 24.9. The van der Waals surface area contributed by atoms with Gasteiger partial charge in [-0.05, 0) is 19.3 Å². The summed E-state index contributed by atoms with van der Waals surface area (Å²) in [7, 11) is -2.97. The zero-order chi connectivity index (χ0) is 32.7. The summed E-state index contributed by atoms with van der Waals surface area (Å²) in [4.78, 5) is 41.4. The van der Waals surface area contributed by atoms with Crippen LogP contribution >= 0.6 is 7.82 Å². The van der Waals surface area contributed by atoms with Crippen molar-refractivity contribution in [2.75, 3.05) is 38.7 Å². The molecule has 0 amide bonds. The number of hydrogen-bond acceptors (Lipinski definition) is 10. The van der Waals surface area contributed by atoms with Crippen molar-refractivity contribution in [2.24, 2.45) is 0 Å². The molecule has 2 aromatic heterocycles.